The van der Waals surface area contributed by atoms with Crippen LogP contribution in [0, 0.1) is 5.82 Å². The molecule has 8 heteroatoms. The molecule has 0 N–H and O–H groups in total. The van der Waals surface area contributed by atoms with E-state index in [4.69, 9.17) is 20.5 Å². The van der Waals surface area contributed by atoms with Gasteiger partial charge in [-0.3, -0.25) is 4.79 Å². The van der Waals surface area contributed by atoms with E-state index in [1.165, 1.54) is 12.1 Å². The third-order valence-electron chi connectivity index (χ3n) is 5.76. The molecule has 1 fully saturated rings. The molecule has 0 spiro atoms. The molecule has 168 valence electrons. The molecule has 1 amide bonds. The Morgan fingerprint density at radius 3 is 2.85 bits per heavy atom. The quantitative estimate of drug-likeness (QED) is 0.376. The van der Waals surface area contributed by atoms with Crippen LogP contribution in [-0.2, 0) is 6.42 Å². The van der Waals surface area contributed by atoms with Crippen LogP contribution in [0.3, 0.4) is 0 Å². The summed E-state index contributed by atoms with van der Waals surface area (Å²) in [7, 11) is 0. The highest BCUT2D eigenvalue weighted by molar-refractivity contribution is 6.30. The van der Waals surface area contributed by atoms with Gasteiger partial charge in [0.25, 0.3) is 5.91 Å². The van der Waals surface area contributed by atoms with Gasteiger partial charge in [-0.1, -0.05) is 41.0 Å². The summed E-state index contributed by atoms with van der Waals surface area (Å²) in [4.78, 5) is 19.2. The average Bonchev–Trinajstić information content (AvgIpc) is 3.51. The Morgan fingerprint density at radius 2 is 2.03 bits per heavy atom. The molecule has 0 bridgehead atoms. The maximum absolute atomic E-state index is 13.5. The number of oxazole rings is 1. The summed E-state index contributed by atoms with van der Waals surface area (Å²) in [6.07, 6.45) is 4.08. The number of halogens is 2. The number of carbonyl (C=O) groups is 1. The van der Waals surface area contributed by atoms with Gasteiger partial charge in [-0.2, -0.15) is 0 Å². The molecule has 1 saturated heterocycles. The third-order valence-corrected chi connectivity index (χ3v) is 6.01. The van der Waals surface area contributed by atoms with Crippen molar-refractivity contribution < 1.29 is 18.1 Å². The van der Waals surface area contributed by atoms with Crippen LogP contribution in [0.2, 0.25) is 5.02 Å². The number of piperidine rings is 1. The van der Waals surface area contributed by atoms with Gasteiger partial charge in [-0.05, 0) is 42.7 Å². The SMILES string of the molecule is O=C(c1cc(-c2cccc(F)c2)no1)N1CCC[C@H](c2ncc(Cc3ccc(Cl)cc3)o2)C1. The number of rotatable bonds is 5. The first-order valence-corrected chi connectivity index (χ1v) is 11.1. The van der Waals surface area contributed by atoms with Crippen LogP contribution in [0.25, 0.3) is 11.3 Å². The van der Waals surface area contributed by atoms with E-state index in [-0.39, 0.29) is 23.4 Å². The molecular weight excluding hydrogens is 445 g/mol. The van der Waals surface area contributed by atoms with Crippen LogP contribution >= 0.6 is 11.6 Å². The van der Waals surface area contributed by atoms with E-state index in [1.54, 1.807) is 29.3 Å². The Morgan fingerprint density at radius 1 is 1.18 bits per heavy atom. The summed E-state index contributed by atoms with van der Waals surface area (Å²) in [5.41, 5.74) is 2.07. The van der Waals surface area contributed by atoms with Gasteiger partial charge >= 0.3 is 0 Å². The first kappa shape index (κ1) is 21.4. The van der Waals surface area contributed by atoms with Crippen molar-refractivity contribution in [3.63, 3.8) is 0 Å². The zero-order chi connectivity index (χ0) is 22.8. The molecule has 0 radical (unpaired) electrons. The molecule has 6 nitrogen and oxygen atoms in total. The van der Waals surface area contributed by atoms with Crippen molar-refractivity contribution in [2.24, 2.45) is 0 Å². The summed E-state index contributed by atoms with van der Waals surface area (Å²) in [5, 5.41) is 4.63. The number of hydrogen-bond acceptors (Lipinski definition) is 5. The second kappa shape index (κ2) is 9.19. The minimum Gasteiger partial charge on any atom is -0.445 e. The number of carbonyl (C=O) groups excluding carboxylic acids is 1. The Hall–Kier alpha value is -3.45. The van der Waals surface area contributed by atoms with Gasteiger partial charge in [0.1, 0.15) is 17.3 Å². The van der Waals surface area contributed by atoms with Crippen LogP contribution < -0.4 is 0 Å². The molecule has 1 aliphatic heterocycles. The molecule has 3 heterocycles. The van der Waals surface area contributed by atoms with Crippen molar-refractivity contribution in [2.45, 2.75) is 25.2 Å². The van der Waals surface area contributed by atoms with Gasteiger partial charge in [0.05, 0.1) is 12.1 Å². The Bertz CT molecular complexity index is 1270. The number of nitrogens with zero attached hydrogens (tertiary/aromatic N) is 3. The minimum atomic E-state index is -0.372. The molecule has 2 aromatic carbocycles. The number of amides is 1. The van der Waals surface area contributed by atoms with Gasteiger partial charge in [0, 0.05) is 36.2 Å². The third kappa shape index (κ3) is 4.83. The van der Waals surface area contributed by atoms with Gasteiger partial charge in [-0.15, -0.1) is 0 Å². The maximum atomic E-state index is 13.5. The molecule has 1 atom stereocenters. The van der Waals surface area contributed by atoms with Crippen molar-refractivity contribution in [2.75, 3.05) is 13.1 Å². The fraction of sp³-hybridized carbons (Fsp3) is 0.240. The fourth-order valence-electron chi connectivity index (χ4n) is 4.08. The zero-order valence-electron chi connectivity index (χ0n) is 17.7. The summed E-state index contributed by atoms with van der Waals surface area (Å²) in [5.74, 6) is 0.921. The molecule has 33 heavy (non-hydrogen) atoms. The van der Waals surface area contributed by atoms with E-state index in [1.807, 2.05) is 24.3 Å². The molecule has 2 aromatic heterocycles. The molecule has 0 unspecified atom stereocenters. The standard InChI is InChI=1S/C25H21ClFN3O3/c26-19-8-6-16(7-9-19)11-21-14-28-24(32-21)18-4-2-10-30(15-18)25(31)23-13-22(29-33-23)17-3-1-5-20(27)12-17/h1,3,5-9,12-14,18H,2,4,10-11,15H2/t18-/m0/s1. The van der Waals surface area contributed by atoms with Gasteiger partial charge in [-0.25, -0.2) is 9.37 Å². The molecule has 5 rings (SSSR count). The first-order valence-electron chi connectivity index (χ1n) is 10.8. The summed E-state index contributed by atoms with van der Waals surface area (Å²) in [6.45, 7) is 1.10. The van der Waals surface area contributed by atoms with E-state index in [9.17, 15) is 9.18 Å². The molecule has 0 saturated carbocycles. The summed E-state index contributed by atoms with van der Waals surface area (Å²) >= 11 is 5.95. The monoisotopic (exact) mass is 465 g/mol. The summed E-state index contributed by atoms with van der Waals surface area (Å²) < 4.78 is 24.8. The lowest BCUT2D eigenvalue weighted by Gasteiger charge is -2.30. The van der Waals surface area contributed by atoms with Crippen molar-refractivity contribution in [3.8, 4) is 11.3 Å². The predicted molar refractivity (Wildman–Crippen MR) is 121 cm³/mol. The zero-order valence-corrected chi connectivity index (χ0v) is 18.5. The lowest BCUT2D eigenvalue weighted by Crippen LogP contribution is -2.39. The van der Waals surface area contributed by atoms with Gasteiger partial charge in [0.15, 0.2) is 5.89 Å². The average molecular weight is 466 g/mol. The van der Waals surface area contributed by atoms with E-state index >= 15 is 0 Å². The van der Waals surface area contributed by atoms with Crippen LogP contribution in [0.15, 0.2) is 69.7 Å². The lowest BCUT2D eigenvalue weighted by atomic mass is 9.98. The summed E-state index contributed by atoms with van der Waals surface area (Å²) in [6, 6.07) is 15.2. The highest BCUT2D eigenvalue weighted by Crippen LogP contribution is 2.29. The highest BCUT2D eigenvalue weighted by Gasteiger charge is 2.30. The van der Waals surface area contributed by atoms with Crippen LogP contribution in [0.1, 0.15) is 46.5 Å². The van der Waals surface area contributed by atoms with Crippen LogP contribution in [0.4, 0.5) is 4.39 Å². The molecular formula is C25H21ClFN3O3. The number of benzene rings is 2. The van der Waals surface area contributed by atoms with Crippen molar-refractivity contribution in [1.82, 2.24) is 15.0 Å². The van der Waals surface area contributed by atoms with Gasteiger partial charge in [0.2, 0.25) is 5.76 Å². The fourth-order valence-corrected chi connectivity index (χ4v) is 4.20. The minimum absolute atomic E-state index is 0.00674. The second-order valence-corrected chi connectivity index (χ2v) is 8.58. The van der Waals surface area contributed by atoms with Crippen LogP contribution in [0.5, 0.6) is 0 Å². The predicted octanol–water partition coefficient (Wildman–Crippen LogP) is 5.73. The first-order chi connectivity index (χ1) is 16.0. The lowest BCUT2D eigenvalue weighted by molar-refractivity contribution is 0.0656. The normalized spacial score (nSPS) is 16.2. The Labute approximate surface area is 195 Å². The number of hydrogen-bond donors (Lipinski definition) is 0. The molecule has 0 aliphatic carbocycles. The smallest absolute Gasteiger partial charge is 0.292 e. The van der Waals surface area contributed by atoms with E-state index in [2.05, 4.69) is 10.1 Å². The second-order valence-electron chi connectivity index (χ2n) is 8.15. The van der Waals surface area contributed by atoms with E-state index < -0.39 is 0 Å². The van der Waals surface area contributed by atoms with E-state index in [0.29, 0.717) is 41.7 Å². The van der Waals surface area contributed by atoms with Gasteiger partial charge < -0.3 is 13.8 Å². The Balaban J connectivity index is 1.26. The molecule has 4 aromatic rings. The van der Waals surface area contributed by atoms with Crippen molar-refractivity contribution in [1.29, 1.82) is 0 Å². The van der Waals surface area contributed by atoms with Crippen molar-refractivity contribution in [3.05, 3.63) is 94.6 Å². The largest absolute Gasteiger partial charge is 0.445 e. The van der Waals surface area contributed by atoms with Crippen molar-refractivity contribution >= 4 is 17.5 Å². The number of likely N-dealkylation sites (tertiary alicyclic amines) is 1. The topological polar surface area (TPSA) is 72.4 Å². The maximum Gasteiger partial charge on any atom is 0.292 e. The highest BCUT2D eigenvalue weighted by atomic mass is 35.5. The van der Waals surface area contributed by atoms with E-state index in [0.717, 1.165) is 24.2 Å². The molecule has 1 aliphatic rings. The number of aromatic nitrogens is 2. The Kier molecular flexibility index (Phi) is 5.96. The van der Waals surface area contributed by atoms with Crippen LogP contribution in [-0.4, -0.2) is 34.0 Å².